The Bertz CT molecular complexity index is 708. The highest BCUT2D eigenvalue weighted by Crippen LogP contribution is 2.22. The van der Waals surface area contributed by atoms with Crippen molar-refractivity contribution in [1.82, 2.24) is 14.5 Å². The molecule has 1 aliphatic heterocycles. The Hall–Kier alpha value is -1.79. The van der Waals surface area contributed by atoms with Gasteiger partial charge in [-0.15, -0.1) is 0 Å². The Morgan fingerprint density at radius 2 is 2.12 bits per heavy atom. The van der Waals surface area contributed by atoms with Crippen molar-refractivity contribution in [2.45, 2.75) is 38.1 Å². The van der Waals surface area contributed by atoms with Crippen molar-refractivity contribution < 1.29 is 9.90 Å². The summed E-state index contributed by atoms with van der Waals surface area (Å²) >= 11 is 1.45. The molecule has 1 aliphatic rings. The van der Waals surface area contributed by atoms with Crippen molar-refractivity contribution in [1.29, 1.82) is 0 Å². The van der Waals surface area contributed by atoms with Crippen molar-refractivity contribution in [2.75, 3.05) is 18.8 Å². The van der Waals surface area contributed by atoms with Crippen LogP contribution in [0.3, 0.4) is 0 Å². The average Bonchev–Trinajstić information content (AvgIpc) is 3.23. The summed E-state index contributed by atoms with van der Waals surface area (Å²) in [4.78, 5) is 18.6. The van der Waals surface area contributed by atoms with E-state index < -0.39 is 0 Å². The van der Waals surface area contributed by atoms with Gasteiger partial charge in [0.1, 0.15) is 0 Å². The summed E-state index contributed by atoms with van der Waals surface area (Å²) in [6.45, 7) is 4.41. The molecule has 3 rings (SSSR count). The predicted octanol–water partition coefficient (Wildman–Crippen LogP) is 2.45. The minimum absolute atomic E-state index is 0.0561. The van der Waals surface area contributed by atoms with Crippen LogP contribution in [0, 0.1) is 6.92 Å². The first-order chi connectivity index (χ1) is 11.7. The Labute approximate surface area is 146 Å². The van der Waals surface area contributed by atoms with Crippen molar-refractivity contribution in [2.24, 2.45) is 0 Å². The number of nitrogens with zero attached hydrogens (tertiary/aromatic N) is 3. The van der Waals surface area contributed by atoms with Crippen LogP contribution in [0.2, 0.25) is 0 Å². The summed E-state index contributed by atoms with van der Waals surface area (Å²) in [7, 11) is 0. The van der Waals surface area contributed by atoms with Crippen LogP contribution in [0.1, 0.15) is 29.7 Å². The van der Waals surface area contributed by atoms with Crippen LogP contribution in [0.4, 0.5) is 0 Å². The highest BCUT2D eigenvalue weighted by molar-refractivity contribution is 7.99. The van der Waals surface area contributed by atoms with Crippen LogP contribution in [0.25, 0.3) is 0 Å². The highest BCUT2D eigenvalue weighted by atomic mass is 32.2. The molecule has 0 radical (unpaired) electrons. The molecule has 1 N–H and O–H groups in total. The normalized spacial score (nSPS) is 14.3. The van der Waals surface area contributed by atoms with E-state index >= 15 is 0 Å². The number of aliphatic hydroxyl groups is 1. The van der Waals surface area contributed by atoms with Gasteiger partial charge in [0.15, 0.2) is 5.16 Å². The number of thioether (sulfide) groups is 1. The minimum atomic E-state index is -0.0561. The highest BCUT2D eigenvalue weighted by Gasteiger charge is 2.19. The number of aromatic nitrogens is 2. The lowest BCUT2D eigenvalue weighted by atomic mass is 10.1. The van der Waals surface area contributed by atoms with Crippen LogP contribution in [-0.2, 0) is 17.9 Å². The Balaban J connectivity index is 1.71. The van der Waals surface area contributed by atoms with Gasteiger partial charge >= 0.3 is 0 Å². The van der Waals surface area contributed by atoms with Crippen molar-refractivity contribution in [3.8, 4) is 0 Å². The van der Waals surface area contributed by atoms with Gasteiger partial charge in [0.25, 0.3) is 0 Å². The summed E-state index contributed by atoms with van der Waals surface area (Å²) in [5, 5.41) is 10.4. The third kappa shape index (κ3) is 3.99. The lowest BCUT2D eigenvalue weighted by Crippen LogP contribution is -2.29. The van der Waals surface area contributed by atoms with E-state index in [1.165, 1.54) is 17.3 Å². The number of hydrogen-bond acceptors (Lipinski definition) is 4. The number of amides is 1. The predicted molar refractivity (Wildman–Crippen MR) is 95.0 cm³/mol. The molecular formula is C18H23N3O2S. The molecule has 5 nitrogen and oxygen atoms in total. The van der Waals surface area contributed by atoms with Gasteiger partial charge in [0, 0.05) is 19.6 Å². The number of aliphatic hydroxyl groups excluding tert-OH is 1. The lowest BCUT2D eigenvalue weighted by molar-refractivity contribution is -0.127. The number of carbonyl (C=O) groups excluding carboxylic acids is 1. The minimum Gasteiger partial charge on any atom is -0.390 e. The van der Waals surface area contributed by atoms with Crippen LogP contribution in [0.15, 0.2) is 35.6 Å². The third-order valence-electron chi connectivity index (χ3n) is 4.27. The Morgan fingerprint density at radius 1 is 1.33 bits per heavy atom. The molecule has 0 aliphatic carbocycles. The van der Waals surface area contributed by atoms with E-state index in [4.69, 9.17) is 0 Å². The van der Waals surface area contributed by atoms with E-state index in [1.54, 1.807) is 6.20 Å². The summed E-state index contributed by atoms with van der Waals surface area (Å²) in [6.07, 6.45) is 3.90. The zero-order valence-corrected chi connectivity index (χ0v) is 14.8. The summed E-state index contributed by atoms with van der Waals surface area (Å²) in [5.41, 5.74) is 3.14. The first-order valence-corrected chi connectivity index (χ1v) is 9.27. The van der Waals surface area contributed by atoms with Crippen molar-refractivity contribution >= 4 is 17.7 Å². The number of rotatable bonds is 6. The maximum atomic E-state index is 12.2. The summed E-state index contributed by atoms with van der Waals surface area (Å²) < 4.78 is 2.00. The van der Waals surface area contributed by atoms with Crippen LogP contribution >= 0.6 is 11.8 Å². The molecular weight excluding hydrogens is 322 g/mol. The van der Waals surface area contributed by atoms with Crippen molar-refractivity contribution in [3.05, 3.63) is 47.3 Å². The molecule has 1 fully saturated rings. The number of likely N-dealkylation sites (tertiary alicyclic amines) is 1. The van der Waals surface area contributed by atoms with E-state index in [0.29, 0.717) is 12.3 Å². The molecule has 24 heavy (non-hydrogen) atoms. The van der Waals surface area contributed by atoms with E-state index in [1.807, 2.05) is 15.5 Å². The molecule has 0 spiro atoms. The quantitative estimate of drug-likeness (QED) is 0.817. The van der Waals surface area contributed by atoms with Gasteiger partial charge < -0.3 is 14.6 Å². The van der Waals surface area contributed by atoms with Gasteiger partial charge in [-0.05, 0) is 25.3 Å². The van der Waals surface area contributed by atoms with E-state index in [0.717, 1.165) is 42.3 Å². The average molecular weight is 345 g/mol. The van der Waals surface area contributed by atoms with E-state index in [2.05, 4.69) is 30.1 Å². The smallest absolute Gasteiger partial charge is 0.233 e. The monoisotopic (exact) mass is 345 g/mol. The van der Waals surface area contributed by atoms with Gasteiger partial charge in [-0.1, -0.05) is 41.6 Å². The molecule has 1 saturated heterocycles. The number of aryl methyl sites for hydroxylation is 1. The molecule has 0 saturated carbocycles. The number of hydrogen-bond donors (Lipinski definition) is 1. The second-order valence-electron chi connectivity index (χ2n) is 6.14. The number of carbonyl (C=O) groups is 1. The second-order valence-corrected chi connectivity index (χ2v) is 7.08. The van der Waals surface area contributed by atoms with Crippen LogP contribution in [-0.4, -0.2) is 44.3 Å². The van der Waals surface area contributed by atoms with Gasteiger partial charge in [-0.3, -0.25) is 4.79 Å². The fourth-order valence-electron chi connectivity index (χ4n) is 2.98. The maximum absolute atomic E-state index is 12.2. The zero-order valence-electron chi connectivity index (χ0n) is 13.9. The molecule has 1 aromatic heterocycles. The fraction of sp³-hybridized carbons (Fsp3) is 0.444. The maximum Gasteiger partial charge on any atom is 0.233 e. The molecule has 1 amide bonds. The molecule has 0 unspecified atom stereocenters. The molecule has 0 atom stereocenters. The lowest BCUT2D eigenvalue weighted by Gasteiger charge is -2.15. The standard InChI is InChI=1S/C18H23N3O2S/c1-14-5-4-6-15(9-14)11-21-16(12-22)10-19-18(21)24-13-17(23)20-7-2-3-8-20/h4-6,9-10,22H,2-3,7-8,11-13H2,1H3. The number of benzene rings is 1. The van der Waals surface area contributed by atoms with Gasteiger partial charge in [-0.2, -0.15) is 0 Å². The summed E-state index contributed by atoms with van der Waals surface area (Å²) in [5.74, 6) is 0.573. The van der Waals surface area contributed by atoms with Gasteiger partial charge in [0.2, 0.25) is 5.91 Å². The van der Waals surface area contributed by atoms with Gasteiger partial charge in [0.05, 0.1) is 24.3 Å². The third-order valence-corrected chi connectivity index (χ3v) is 5.25. The topological polar surface area (TPSA) is 58.4 Å². The number of imidazole rings is 1. The Morgan fingerprint density at radius 3 is 2.83 bits per heavy atom. The molecule has 6 heteroatoms. The zero-order chi connectivity index (χ0) is 16.9. The Kier molecular flexibility index (Phi) is 5.58. The molecule has 1 aromatic carbocycles. The largest absolute Gasteiger partial charge is 0.390 e. The van der Waals surface area contributed by atoms with Gasteiger partial charge in [-0.25, -0.2) is 4.98 Å². The SMILES string of the molecule is Cc1cccc(Cn2c(CO)cnc2SCC(=O)N2CCCC2)c1. The summed E-state index contributed by atoms with van der Waals surface area (Å²) in [6, 6.07) is 8.29. The van der Waals surface area contributed by atoms with Crippen LogP contribution in [0.5, 0.6) is 0 Å². The molecule has 2 heterocycles. The van der Waals surface area contributed by atoms with E-state index in [9.17, 15) is 9.90 Å². The first-order valence-electron chi connectivity index (χ1n) is 8.29. The first kappa shape index (κ1) is 17.0. The molecule has 128 valence electrons. The van der Waals surface area contributed by atoms with Crippen LogP contribution < -0.4 is 0 Å². The van der Waals surface area contributed by atoms with E-state index in [-0.39, 0.29) is 12.5 Å². The fourth-order valence-corrected chi connectivity index (χ4v) is 3.88. The second kappa shape index (κ2) is 7.85. The molecule has 0 bridgehead atoms. The molecule has 2 aromatic rings. The van der Waals surface area contributed by atoms with Crippen molar-refractivity contribution in [3.63, 3.8) is 0 Å².